The van der Waals surface area contributed by atoms with Gasteiger partial charge in [-0.1, -0.05) is 6.07 Å². The monoisotopic (exact) mass is 229 g/mol. The number of aryl methyl sites for hydroxylation is 1. The Hall–Kier alpha value is -2.10. The first kappa shape index (κ1) is 11.4. The summed E-state index contributed by atoms with van der Waals surface area (Å²) in [6.45, 7) is 2.02. The molecule has 88 valence electrons. The zero-order valence-electron chi connectivity index (χ0n) is 10.2. The molecule has 17 heavy (non-hydrogen) atoms. The van der Waals surface area contributed by atoms with Crippen LogP contribution in [0.4, 0.5) is 5.95 Å². The second kappa shape index (κ2) is 4.82. The van der Waals surface area contributed by atoms with Crippen molar-refractivity contribution in [1.29, 1.82) is 0 Å². The van der Waals surface area contributed by atoms with Crippen LogP contribution in [0.25, 0.3) is 11.1 Å². The number of aromatic nitrogens is 2. The standard InChI is InChI=1S/C13H15N3O/c1-9-6-10(4-5-12(9)17-3)11-7-15-13(14-2)16-8-11/h4-8H,1-3H3,(H,14,15,16). The van der Waals surface area contributed by atoms with Gasteiger partial charge in [0.2, 0.25) is 5.95 Å². The highest BCUT2D eigenvalue weighted by Crippen LogP contribution is 2.25. The molecule has 0 fully saturated rings. The summed E-state index contributed by atoms with van der Waals surface area (Å²) in [5, 5.41) is 2.89. The minimum absolute atomic E-state index is 0.624. The van der Waals surface area contributed by atoms with Crippen LogP contribution in [-0.2, 0) is 0 Å². The number of benzene rings is 1. The molecule has 4 nitrogen and oxygen atoms in total. The molecule has 0 aliphatic rings. The van der Waals surface area contributed by atoms with Crippen molar-refractivity contribution in [1.82, 2.24) is 9.97 Å². The van der Waals surface area contributed by atoms with Crippen molar-refractivity contribution >= 4 is 5.95 Å². The first-order chi connectivity index (χ1) is 8.24. The van der Waals surface area contributed by atoms with Crippen LogP contribution >= 0.6 is 0 Å². The highest BCUT2D eigenvalue weighted by atomic mass is 16.5. The Balaban J connectivity index is 2.35. The Labute approximate surface area is 101 Å². The van der Waals surface area contributed by atoms with Crippen molar-refractivity contribution in [2.24, 2.45) is 0 Å². The maximum Gasteiger partial charge on any atom is 0.222 e. The zero-order chi connectivity index (χ0) is 12.3. The SMILES string of the molecule is CNc1ncc(-c2ccc(OC)c(C)c2)cn1. The molecule has 0 spiro atoms. The average Bonchev–Trinajstić information content (AvgIpc) is 2.39. The lowest BCUT2D eigenvalue weighted by Crippen LogP contribution is -1.95. The Kier molecular flexibility index (Phi) is 3.23. The van der Waals surface area contributed by atoms with Crippen LogP contribution in [0, 0.1) is 6.92 Å². The predicted octanol–water partition coefficient (Wildman–Crippen LogP) is 2.50. The van der Waals surface area contributed by atoms with Crippen LogP contribution < -0.4 is 10.1 Å². The van der Waals surface area contributed by atoms with Gasteiger partial charge >= 0.3 is 0 Å². The molecule has 1 N–H and O–H groups in total. The summed E-state index contributed by atoms with van der Waals surface area (Å²) in [5.41, 5.74) is 3.18. The van der Waals surface area contributed by atoms with E-state index in [4.69, 9.17) is 4.74 Å². The van der Waals surface area contributed by atoms with E-state index in [1.54, 1.807) is 26.6 Å². The summed E-state index contributed by atoms with van der Waals surface area (Å²) in [6.07, 6.45) is 3.61. The minimum atomic E-state index is 0.624. The molecule has 0 unspecified atom stereocenters. The van der Waals surface area contributed by atoms with E-state index >= 15 is 0 Å². The van der Waals surface area contributed by atoms with Gasteiger partial charge in [-0.2, -0.15) is 0 Å². The number of ether oxygens (including phenoxy) is 1. The van der Waals surface area contributed by atoms with E-state index < -0.39 is 0 Å². The normalized spacial score (nSPS) is 10.1. The molecule has 0 radical (unpaired) electrons. The molecule has 0 saturated carbocycles. The van der Waals surface area contributed by atoms with Gasteiger partial charge in [-0.25, -0.2) is 9.97 Å². The van der Waals surface area contributed by atoms with Crippen LogP contribution in [0.2, 0.25) is 0 Å². The number of rotatable bonds is 3. The first-order valence-corrected chi connectivity index (χ1v) is 5.39. The maximum absolute atomic E-state index is 5.23. The van der Waals surface area contributed by atoms with Gasteiger partial charge in [0.25, 0.3) is 0 Å². The number of nitrogens with zero attached hydrogens (tertiary/aromatic N) is 2. The van der Waals surface area contributed by atoms with Gasteiger partial charge in [-0.3, -0.25) is 0 Å². The van der Waals surface area contributed by atoms with Crippen molar-refractivity contribution < 1.29 is 4.74 Å². The lowest BCUT2D eigenvalue weighted by Gasteiger charge is -2.07. The second-order valence-electron chi connectivity index (χ2n) is 3.73. The average molecular weight is 229 g/mol. The Morgan fingerprint density at radius 3 is 2.35 bits per heavy atom. The fourth-order valence-electron chi connectivity index (χ4n) is 1.66. The molecular formula is C13H15N3O. The van der Waals surface area contributed by atoms with E-state index in [1.165, 1.54) is 0 Å². The molecule has 0 atom stereocenters. The van der Waals surface area contributed by atoms with Gasteiger partial charge in [-0.05, 0) is 30.2 Å². The molecule has 0 aliphatic carbocycles. The fraction of sp³-hybridized carbons (Fsp3) is 0.231. The Morgan fingerprint density at radius 1 is 1.12 bits per heavy atom. The zero-order valence-corrected chi connectivity index (χ0v) is 10.2. The smallest absolute Gasteiger partial charge is 0.222 e. The summed E-state index contributed by atoms with van der Waals surface area (Å²) in [7, 11) is 3.47. The van der Waals surface area contributed by atoms with E-state index in [9.17, 15) is 0 Å². The first-order valence-electron chi connectivity index (χ1n) is 5.39. The highest BCUT2D eigenvalue weighted by Gasteiger charge is 2.03. The number of hydrogen-bond acceptors (Lipinski definition) is 4. The van der Waals surface area contributed by atoms with Crippen molar-refractivity contribution in [3.05, 3.63) is 36.2 Å². The molecule has 0 saturated heterocycles. The third-order valence-corrected chi connectivity index (χ3v) is 2.60. The van der Waals surface area contributed by atoms with Crippen LogP contribution in [0.3, 0.4) is 0 Å². The Morgan fingerprint density at radius 2 is 1.82 bits per heavy atom. The van der Waals surface area contributed by atoms with E-state index in [2.05, 4.69) is 21.4 Å². The lowest BCUT2D eigenvalue weighted by atomic mass is 10.1. The summed E-state index contributed by atoms with van der Waals surface area (Å²) in [6, 6.07) is 6.02. The lowest BCUT2D eigenvalue weighted by molar-refractivity contribution is 0.412. The molecule has 2 aromatic rings. The molecule has 0 bridgehead atoms. The summed E-state index contributed by atoms with van der Waals surface area (Å²) in [5.74, 6) is 1.51. The van der Waals surface area contributed by atoms with Gasteiger partial charge < -0.3 is 10.1 Å². The van der Waals surface area contributed by atoms with Crippen molar-refractivity contribution in [3.8, 4) is 16.9 Å². The van der Waals surface area contributed by atoms with Gasteiger partial charge in [0.1, 0.15) is 5.75 Å². The third kappa shape index (κ3) is 2.36. The number of nitrogens with one attached hydrogen (secondary N) is 1. The predicted molar refractivity (Wildman–Crippen MR) is 68.3 cm³/mol. The van der Waals surface area contributed by atoms with Crippen LogP contribution in [0.15, 0.2) is 30.6 Å². The van der Waals surface area contributed by atoms with Crippen molar-refractivity contribution in [2.75, 3.05) is 19.5 Å². The third-order valence-electron chi connectivity index (χ3n) is 2.60. The maximum atomic E-state index is 5.23. The molecule has 1 aromatic heterocycles. The van der Waals surface area contributed by atoms with E-state index in [0.717, 1.165) is 22.4 Å². The Bertz CT molecular complexity index is 509. The van der Waals surface area contributed by atoms with Crippen molar-refractivity contribution in [3.63, 3.8) is 0 Å². The second-order valence-corrected chi connectivity index (χ2v) is 3.73. The molecule has 0 aliphatic heterocycles. The highest BCUT2D eigenvalue weighted by molar-refractivity contribution is 5.64. The molecule has 0 amide bonds. The van der Waals surface area contributed by atoms with Crippen LogP contribution in [0.1, 0.15) is 5.56 Å². The molecule has 4 heteroatoms. The molecule has 1 heterocycles. The summed E-state index contributed by atoms with van der Waals surface area (Å²) in [4.78, 5) is 8.38. The van der Waals surface area contributed by atoms with Crippen LogP contribution in [-0.4, -0.2) is 24.1 Å². The molecule has 2 rings (SSSR count). The van der Waals surface area contributed by atoms with E-state index in [1.807, 2.05) is 19.1 Å². The van der Waals surface area contributed by atoms with Gasteiger partial charge in [-0.15, -0.1) is 0 Å². The van der Waals surface area contributed by atoms with Gasteiger partial charge in [0.15, 0.2) is 0 Å². The van der Waals surface area contributed by atoms with Crippen molar-refractivity contribution in [2.45, 2.75) is 6.92 Å². The molecule has 1 aromatic carbocycles. The molecular weight excluding hydrogens is 214 g/mol. The number of anilines is 1. The van der Waals surface area contributed by atoms with E-state index in [0.29, 0.717) is 5.95 Å². The fourth-order valence-corrected chi connectivity index (χ4v) is 1.66. The largest absolute Gasteiger partial charge is 0.496 e. The summed E-state index contributed by atoms with van der Waals surface area (Å²) >= 11 is 0. The minimum Gasteiger partial charge on any atom is -0.496 e. The summed E-state index contributed by atoms with van der Waals surface area (Å²) < 4.78 is 5.23. The number of hydrogen-bond donors (Lipinski definition) is 1. The quantitative estimate of drug-likeness (QED) is 0.878. The van der Waals surface area contributed by atoms with Crippen LogP contribution in [0.5, 0.6) is 5.75 Å². The van der Waals surface area contributed by atoms with Gasteiger partial charge in [0.05, 0.1) is 7.11 Å². The topological polar surface area (TPSA) is 47.0 Å². The van der Waals surface area contributed by atoms with Gasteiger partial charge in [0, 0.05) is 25.0 Å². The number of methoxy groups -OCH3 is 1. The van der Waals surface area contributed by atoms with E-state index in [-0.39, 0.29) is 0 Å².